The van der Waals surface area contributed by atoms with Gasteiger partial charge in [0, 0.05) is 5.69 Å². The van der Waals surface area contributed by atoms with Crippen molar-refractivity contribution in [2.75, 3.05) is 12.8 Å². The highest BCUT2D eigenvalue weighted by Crippen LogP contribution is 2.22. The lowest BCUT2D eigenvalue weighted by atomic mass is 10.1. The number of nitrogens with two attached hydrogens (primary N) is 1. The Balaban J connectivity index is 2.05. The maximum atomic E-state index is 12.1. The summed E-state index contributed by atoms with van der Waals surface area (Å²) in [5.41, 5.74) is 8.08. The number of rotatable bonds is 5. The van der Waals surface area contributed by atoms with Gasteiger partial charge >= 0.3 is 5.97 Å². The fourth-order valence-corrected chi connectivity index (χ4v) is 1.85. The van der Waals surface area contributed by atoms with Crippen LogP contribution >= 0.6 is 0 Å². The highest BCUT2D eigenvalue weighted by molar-refractivity contribution is 5.93. The van der Waals surface area contributed by atoms with E-state index < -0.39 is 5.97 Å². The standard InChI is InChI=1S/C16H17NO4/c1-20-15-7-6-13(17)8-14(15)16(19)21-10-12-4-2-11(9-18)3-5-12/h2-8,18H,9-10,17H2,1H3. The Hall–Kier alpha value is -2.53. The fourth-order valence-electron chi connectivity index (χ4n) is 1.85. The molecule has 0 aromatic heterocycles. The molecule has 0 amide bonds. The molecule has 2 aromatic carbocycles. The van der Waals surface area contributed by atoms with E-state index >= 15 is 0 Å². The summed E-state index contributed by atoms with van der Waals surface area (Å²) in [4.78, 5) is 12.1. The first-order valence-corrected chi connectivity index (χ1v) is 6.43. The number of hydrogen-bond acceptors (Lipinski definition) is 5. The van der Waals surface area contributed by atoms with Crippen LogP contribution in [0.2, 0.25) is 0 Å². The van der Waals surface area contributed by atoms with Crippen molar-refractivity contribution in [1.82, 2.24) is 0 Å². The number of benzene rings is 2. The van der Waals surface area contributed by atoms with Crippen molar-refractivity contribution in [2.24, 2.45) is 0 Å². The smallest absolute Gasteiger partial charge is 0.342 e. The van der Waals surface area contributed by atoms with E-state index in [0.29, 0.717) is 17.0 Å². The molecule has 0 saturated heterocycles. The Morgan fingerprint density at radius 2 is 1.81 bits per heavy atom. The lowest BCUT2D eigenvalue weighted by molar-refractivity contribution is 0.0469. The number of methoxy groups -OCH3 is 1. The summed E-state index contributed by atoms with van der Waals surface area (Å²) in [5, 5.41) is 8.97. The van der Waals surface area contributed by atoms with Crippen LogP contribution < -0.4 is 10.5 Å². The van der Waals surface area contributed by atoms with E-state index in [1.807, 2.05) is 0 Å². The minimum absolute atomic E-state index is 0.0133. The fraction of sp³-hybridized carbons (Fsp3) is 0.188. The maximum absolute atomic E-state index is 12.1. The van der Waals surface area contributed by atoms with Gasteiger partial charge in [-0.15, -0.1) is 0 Å². The van der Waals surface area contributed by atoms with Crippen LogP contribution in [0.25, 0.3) is 0 Å². The number of carbonyl (C=O) groups excluding carboxylic acids is 1. The van der Waals surface area contributed by atoms with Crippen LogP contribution in [0, 0.1) is 0 Å². The average molecular weight is 287 g/mol. The third kappa shape index (κ3) is 3.73. The minimum Gasteiger partial charge on any atom is -0.496 e. The van der Waals surface area contributed by atoms with Gasteiger partial charge in [-0.3, -0.25) is 0 Å². The second kappa shape index (κ2) is 6.76. The molecule has 0 bridgehead atoms. The van der Waals surface area contributed by atoms with Crippen LogP contribution in [0.1, 0.15) is 21.5 Å². The van der Waals surface area contributed by atoms with Crippen molar-refractivity contribution in [2.45, 2.75) is 13.2 Å². The van der Waals surface area contributed by atoms with Gasteiger partial charge in [0.05, 0.1) is 13.7 Å². The van der Waals surface area contributed by atoms with Gasteiger partial charge in [-0.1, -0.05) is 24.3 Å². The predicted octanol–water partition coefficient (Wildman–Crippen LogP) is 2.13. The largest absolute Gasteiger partial charge is 0.496 e. The number of esters is 1. The van der Waals surface area contributed by atoms with Gasteiger partial charge in [-0.2, -0.15) is 0 Å². The van der Waals surface area contributed by atoms with E-state index in [4.69, 9.17) is 20.3 Å². The summed E-state index contributed by atoms with van der Waals surface area (Å²) >= 11 is 0. The number of aliphatic hydroxyl groups excluding tert-OH is 1. The number of anilines is 1. The van der Waals surface area contributed by atoms with Crippen LogP contribution in [0.15, 0.2) is 42.5 Å². The first kappa shape index (κ1) is 14.9. The van der Waals surface area contributed by atoms with E-state index in [1.54, 1.807) is 36.4 Å². The van der Waals surface area contributed by atoms with Crippen LogP contribution in [-0.4, -0.2) is 18.2 Å². The van der Waals surface area contributed by atoms with Crippen molar-refractivity contribution in [3.63, 3.8) is 0 Å². The first-order valence-electron chi connectivity index (χ1n) is 6.43. The molecule has 3 N–H and O–H groups in total. The van der Waals surface area contributed by atoms with E-state index in [-0.39, 0.29) is 13.2 Å². The summed E-state index contributed by atoms with van der Waals surface area (Å²) in [5.74, 6) is -0.0739. The van der Waals surface area contributed by atoms with E-state index in [2.05, 4.69) is 0 Å². The van der Waals surface area contributed by atoms with Crippen LogP contribution in [0.3, 0.4) is 0 Å². The average Bonchev–Trinajstić information content (AvgIpc) is 2.53. The molecule has 21 heavy (non-hydrogen) atoms. The van der Waals surface area contributed by atoms with E-state index in [0.717, 1.165) is 11.1 Å². The third-order valence-corrected chi connectivity index (χ3v) is 3.02. The molecule has 5 heteroatoms. The third-order valence-electron chi connectivity index (χ3n) is 3.02. The lowest BCUT2D eigenvalue weighted by Crippen LogP contribution is -2.08. The summed E-state index contributed by atoms with van der Waals surface area (Å²) in [6.07, 6.45) is 0. The zero-order chi connectivity index (χ0) is 15.2. The quantitative estimate of drug-likeness (QED) is 0.650. The number of nitrogen functional groups attached to an aromatic ring is 1. The molecule has 5 nitrogen and oxygen atoms in total. The van der Waals surface area contributed by atoms with E-state index in [9.17, 15) is 4.79 Å². The molecule has 0 radical (unpaired) electrons. The molecule has 2 aromatic rings. The van der Waals surface area contributed by atoms with Crippen LogP contribution in [0.4, 0.5) is 5.69 Å². The molecule has 0 aliphatic carbocycles. The Morgan fingerprint density at radius 3 is 2.43 bits per heavy atom. The van der Waals surface area contributed by atoms with Crippen molar-refractivity contribution in [3.05, 3.63) is 59.2 Å². The number of ether oxygens (including phenoxy) is 2. The van der Waals surface area contributed by atoms with Gasteiger partial charge in [0.25, 0.3) is 0 Å². The minimum atomic E-state index is -0.495. The number of aliphatic hydroxyl groups is 1. The van der Waals surface area contributed by atoms with Gasteiger partial charge in [0.15, 0.2) is 0 Å². The summed E-state index contributed by atoms with van der Waals surface area (Å²) in [7, 11) is 1.48. The maximum Gasteiger partial charge on any atom is 0.342 e. The highest BCUT2D eigenvalue weighted by Gasteiger charge is 2.14. The SMILES string of the molecule is COc1ccc(N)cc1C(=O)OCc1ccc(CO)cc1. The van der Waals surface area contributed by atoms with Crippen molar-refractivity contribution in [1.29, 1.82) is 0 Å². The zero-order valence-corrected chi connectivity index (χ0v) is 11.7. The second-order valence-electron chi connectivity index (χ2n) is 4.51. The molecule has 0 aliphatic rings. The second-order valence-corrected chi connectivity index (χ2v) is 4.51. The van der Waals surface area contributed by atoms with Crippen LogP contribution in [-0.2, 0) is 18.0 Å². The Labute approximate surface area is 122 Å². The molecule has 0 aliphatic heterocycles. The molecule has 0 spiro atoms. The van der Waals surface area contributed by atoms with Gasteiger partial charge in [0.2, 0.25) is 0 Å². The van der Waals surface area contributed by atoms with E-state index in [1.165, 1.54) is 13.2 Å². The molecule has 0 atom stereocenters. The van der Waals surface area contributed by atoms with Crippen molar-refractivity contribution >= 4 is 11.7 Å². The number of carbonyl (C=O) groups is 1. The predicted molar refractivity (Wildman–Crippen MR) is 78.9 cm³/mol. The molecule has 0 fully saturated rings. The summed E-state index contributed by atoms with van der Waals surface area (Å²) in [6.45, 7) is 0.128. The number of hydrogen-bond donors (Lipinski definition) is 2. The molecule has 2 rings (SSSR count). The monoisotopic (exact) mass is 287 g/mol. The van der Waals surface area contributed by atoms with Gasteiger partial charge in [0.1, 0.15) is 17.9 Å². The Morgan fingerprint density at radius 1 is 1.14 bits per heavy atom. The Bertz CT molecular complexity index is 623. The zero-order valence-electron chi connectivity index (χ0n) is 11.7. The molecule has 0 heterocycles. The normalized spacial score (nSPS) is 10.2. The lowest BCUT2D eigenvalue weighted by Gasteiger charge is -2.10. The van der Waals surface area contributed by atoms with Crippen LogP contribution in [0.5, 0.6) is 5.75 Å². The molecule has 0 unspecified atom stereocenters. The van der Waals surface area contributed by atoms with Crippen molar-refractivity contribution < 1.29 is 19.4 Å². The van der Waals surface area contributed by atoms with Gasteiger partial charge < -0.3 is 20.3 Å². The summed E-state index contributed by atoms with van der Waals surface area (Å²) in [6, 6.07) is 12.0. The highest BCUT2D eigenvalue weighted by atomic mass is 16.5. The summed E-state index contributed by atoms with van der Waals surface area (Å²) < 4.78 is 10.4. The molecular formula is C16H17NO4. The van der Waals surface area contributed by atoms with Gasteiger partial charge in [-0.25, -0.2) is 4.79 Å². The van der Waals surface area contributed by atoms with Gasteiger partial charge in [-0.05, 0) is 29.3 Å². The Kier molecular flexibility index (Phi) is 4.79. The molecular weight excluding hydrogens is 270 g/mol. The van der Waals surface area contributed by atoms with Crippen molar-refractivity contribution in [3.8, 4) is 5.75 Å². The molecule has 0 saturated carbocycles. The first-order chi connectivity index (χ1) is 10.1. The topological polar surface area (TPSA) is 81.8 Å². The molecule has 110 valence electrons.